The molecule has 1 aromatic carbocycles. The lowest BCUT2D eigenvalue weighted by atomic mass is 9.96. The van der Waals surface area contributed by atoms with Gasteiger partial charge in [-0.1, -0.05) is 38.3 Å². The van der Waals surface area contributed by atoms with Crippen LogP contribution in [0.3, 0.4) is 0 Å². The van der Waals surface area contributed by atoms with E-state index in [-0.39, 0.29) is 6.04 Å². The van der Waals surface area contributed by atoms with Gasteiger partial charge in [0.1, 0.15) is 0 Å². The number of halogens is 1. The van der Waals surface area contributed by atoms with E-state index in [9.17, 15) is 8.42 Å². The van der Waals surface area contributed by atoms with Crippen molar-refractivity contribution in [1.29, 1.82) is 0 Å². The Bertz CT molecular complexity index is 580. The van der Waals surface area contributed by atoms with Gasteiger partial charge in [-0.15, -0.1) is 11.6 Å². The van der Waals surface area contributed by atoms with E-state index in [0.717, 1.165) is 36.8 Å². The number of rotatable bonds is 5. The molecule has 0 atom stereocenters. The van der Waals surface area contributed by atoms with Crippen molar-refractivity contribution in [3.8, 4) is 0 Å². The number of hydrogen-bond donors (Lipinski definition) is 0. The summed E-state index contributed by atoms with van der Waals surface area (Å²) in [6.45, 7) is 1.98. The minimum absolute atomic E-state index is 0.133. The van der Waals surface area contributed by atoms with Crippen LogP contribution in [-0.2, 0) is 22.3 Å². The summed E-state index contributed by atoms with van der Waals surface area (Å²) in [6.07, 6.45) is 6.08. The molecule has 1 fully saturated rings. The molecule has 1 aliphatic carbocycles. The third-order valence-electron chi connectivity index (χ3n) is 4.41. The molecule has 5 heteroatoms. The molecule has 0 spiro atoms. The molecule has 0 aliphatic heterocycles. The lowest BCUT2D eigenvalue weighted by Gasteiger charge is -2.31. The highest BCUT2D eigenvalue weighted by atomic mass is 35.5. The Kier molecular flexibility index (Phi) is 5.69. The van der Waals surface area contributed by atoms with Crippen LogP contribution in [0.15, 0.2) is 23.1 Å². The third-order valence-corrected chi connectivity index (χ3v) is 6.71. The van der Waals surface area contributed by atoms with Gasteiger partial charge < -0.3 is 0 Å². The third kappa shape index (κ3) is 3.61. The van der Waals surface area contributed by atoms with E-state index in [1.807, 2.05) is 19.1 Å². The van der Waals surface area contributed by atoms with E-state index in [0.29, 0.717) is 17.2 Å². The number of alkyl halides is 1. The van der Waals surface area contributed by atoms with E-state index >= 15 is 0 Å². The average Bonchev–Trinajstić information content (AvgIpc) is 2.54. The Labute approximate surface area is 133 Å². The quantitative estimate of drug-likeness (QED) is 0.767. The first kappa shape index (κ1) is 16.8. The van der Waals surface area contributed by atoms with Crippen molar-refractivity contribution in [2.75, 3.05) is 7.05 Å². The second-order valence-electron chi connectivity index (χ2n) is 5.74. The molecular weight excluding hydrogens is 306 g/mol. The zero-order valence-corrected chi connectivity index (χ0v) is 14.4. The minimum atomic E-state index is -3.44. The molecule has 2 rings (SSSR count). The smallest absolute Gasteiger partial charge is 0.207 e. The summed E-state index contributed by atoms with van der Waals surface area (Å²) >= 11 is 5.86. The Morgan fingerprint density at radius 1 is 1.24 bits per heavy atom. The number of benzene rings is 1. The summed E-state index contributed by atoms with van der Waals surface area (Å²) in [5.41, 5.74) is 1.72. The number of aryl methyl sites for hydroxylation is 1. The predicted molar refractivity (Wildman–Crippen MR) is 87.2 cm³/mol. The van der Waals surface area contributed by atoms with E-state index in [1.165, 1.54) is 6.42 Å². The van der Waals surface area contributed by atoms with Crippen LogP contribution >= 0.6 is 11.6 Å². The standard InChI is InChI=1S/C16H24ClNO2S/c1-3-14-10-9-13(12-17)11-16(14)21(19,20)18(2)15-7-5-4-6-8-15/h9-11,15H,3-8,12H2,1-2H3. The van der Waals surface area contributed by atoms with Gasteiger partial charge in [-0.05, 0) is 36.5 Å². The Morgan fingerprint density at radius 3 is 2.48 bits per heavy atom. The van der Waals surface area contributed by atoms with Crippen LogP contribution in [0.4, 0.5) is 0 Å². The molecular formula is C16H24ClNO2S. The van der Waals surface area contributed by atoms with E-state index in [2.05, 4.69) is 0 Å². The highest BCUT2D eigenvalue weighted by molar-refractivity contribution is 7.89. The summed E-state index contributed by atoms with van der Waals surface area (Å²) in [5, 5.41) is 0. The molecule has 0 bridgehead atoms. The molecule has 1 aromatic rings. The Balaban J connectivity index is 2.37. The van der Waals surface area contributed by atoms with Crippen LogP contribution in [0.5, 0.6) is 0 Å². The maximum absolute atomic E-state index is 13.0. The minimum Gasteiger partial charge on any atom is -0.207 e. The summed E-state index contributed by atoms with van der Waals surface area (Å²) in [4.78, 5) is 0.427. The topological polar surface area (TPSA) is 37.4 Å². The second-order valence-corrected chi connectivity index (χ2v) is 7.98. The lowest BCUT2D eigenvalue weighted by Crippen LogP contribution is -2.38. The van der Waals surface area contributed by atoms with E-state index < -0.39 is 10.0 Å². The van der Waals surface area contributed by atoms with Gasteiger partial charge in [0.15, 0.2) is 0 Å². The molecule has 1 aliphatic rings. The average molecular weight is 330 g/mol. The Hall–Kier alpha value is -0.580. The maximum atomic E-state index is 13.0. The van der Waals surface area contributed by atoms with Crippen LogP contribution in [0.2, 0.25) is 0 Å². The van der Waals surface area contributed by atoms with Crippen molar-refractivity contribution in [2.24, 2.45) is 0 Å². The molecule has 0 aromatic heterocycles. The zero-order chi connectivity index (χ0) is 15.5. The van der Waals surface area contributed by atoms with Crippen molar-refractivity contribution < 1.29 is 8.42 Å². The van der Waals surface area contributed by atoms with Gasteiger partial charge in [-0.25, -0.2) is 8.42 Å². The molecule has 0 saturated heterocycles. The van der Waals surface area contributed by atoms with Crippen molar-refractivity contribution in [1.82, 2.24) is 4.31 Å². The molecule has 0 radical (unpaired) electrons. The van der Waals surface area contributed by atoms with Gasteiger partial charge in [0.2, 0.25) is 10.0 Å². The van der Waals surface area contributed by atoms with Crippen molar-refractivity contribution in [3.63, 3.8) is 0 Å². The molecule has 21 heavy (non-hydrogen) atoms. The van der Waals surface area contributed by atoms with Crippen molar-refractivity contribution in [3.05, 3.63) is 29.3 Å². The van der Waals surface area contributed by atoms with Crippen LogP contribution < -0.4 is 0 Å². The van der Waals surface area contributed by atoms with Crippen molar-refractivity contribution >= 4 is 21.6 Å². The first-order valence-corrected chi connectivity index (χ1v) is 9.64. The number of hydrogen-bond acceptors (Lipinski definition) is 2. The second kappa shape index (κ2) is 7.12. The van der Waals surface area contributed by atoms with E-state index in [1.54, 1.807) is 17.4 Å². The van der Waals surface area contributed by atoms with Gasteiger partial charge in [-0.3, -0.25) is 0 Å². The van der Waals surface area contributed by atoms with Crippen LogP contribution in [-0.4, -0.2) is 25.8 Å². The van der Waals surface area contributed by atoms with Crippen LogP contribution in [0.25, 0.3) is 0 Å². The fourth-order valence-corrected chi connectivity index (χ4v) is 4.93. The molecule has 1 saturated carbocycles. The van der Waals surface area contributed by atoms with Crippen LogP contribution in [0.1, 0.15) is 50.2 Å². The van der Waals surface area contributed by atoms with Gasteiger partial charge in [0.25, 0.3) is 0 Å². The monoisotopic (exact) mass is 329 g/mol. The van der Waals surface area contributed by atoms with Crippen LogP contribution in [0, 0.1) is 0 Å². The summed E-state index contributed by atoms with van der Waals surface area (Å²) < 4.78 is 27.5. The SMILES string of the molecule is CCc1ccc(CCl)cc1S(=O)(=O)N(C)C1CCCCC1. The fourth-order valence-electron chi connectivity index (χ4n) is 3.01. The molecule has 0 unspecified atom stereocenters. The molecule has 118 valence electrons. The molecule has 0 N–H and O–H groups in total. The van der Waals surface area contributed by atoms with E-state index in [4.69, 9.17) is 11.6 Å². The van der Waals surface area contributed by atoms with Crippen molar-refractivity contribution in [2.45, 2.75) is 62.3 Å². The Morgan fingerprint density at radius 2 is 1.90 bits per heavy atom. The predicted octanol–water partition coefficient (Wildman–Crippen LogP) is 3.94. The largest absolute Gasteiger partial charge is 0.243 e. The zero-order valence-electron chi connectivity index (χ0n) is 12.8. The first-order chi connectivity index (χ1) is 10.0. The number of nitrogens with zero attached hydrogens (tertiary/aromatic N) is 1. The summed E-state index contributed by atoms with van der Waals surface area (Å²) in [6, 6.07) is 5.67. The highest BCUT2D eigenvalue weighted by Gasteiger charge is 2.30. The van der Waals surface area contributed by atoms with Gasteiger partial charge in [-0.2, -0.15) is 4.31 Å². The summed E-state index contributed by atoms with van der Waals surface area (Å²) in [5.74, 6) is 0.333. The van der Waals surface area contributed by atoms with Gasteiger partial charge in [0.05, 0.1) is 4.90 Å². The van der Waals surface area contributed by atoms with Gasteiger partial charge >= 0.3 is 0 Å². The highest BCUT2D eigenvalue weighted by Crippen LogP contribution is 2.29. The normalized spacial score (nSPS) is 17.3. The van der Waals surface area contributed by atoms with Gasteiger partial charge in [0, 0.05) is 19.0 Å². The molecule has 0 amide bonds. The lowest BCUT2D eigenvalue weighted by molar-refractivity contribution is 0.285. The maximum Gasteiger partial charge on any atom is 0.243 e. The number of sulfonamides is 1. The molecule has 3 nitrogen and oxygen atoms in total. The molecule has 0 heterocycles. The summed E-state index contributed by atoms with van der Waals surface area (Å²) in [7, 11) is -1.72. The first-order valence-electron chi connectivity index (χ1n) is 7.66. The fraction of sp³-hybridized carbons (Fsp3) is 0.625.